The van der Waals surface area contributed by atoms with E-state index in [1.807, 2.05) is 12.1 Å². The Morgan fingerprint density at radius 3 is 3.11 bits per heavy atom. The number of rotatable bonds is 2. The second kappa shape index (κ2) is 4.85. The number of anilines is 1. The molecule has 1 aliphatic rings. The smallest absolute Gasteiger partial charge is 0.293 e. The molecule has 2 heterocycles. The quantitative estimate of drug-likeness (QED) is 0.862. The van der Waals surface area contributed by atoms with Gasteiger partial charge in [-0.05, 0) is 43.1 Å². The average molecular weight is 257 g/mol. The molecular formula is C14H15N3O2. The summed E-state index contributed by atoms with van der Waals surface area (Å²) in [5.74, 6) is -0.00503. The van der Waals surface area contributed by atoms with Crippen molar-refractivity contribution in [3.05, 3.63) is 47.2 Å². The van der Waals surface area contributed by atoms with E-state index in [4.69, 9.17) is 4.42 Å². The molecule has 19 heavy (non-hydrogen) atoms. The Morgan fingerprint density at radius 2 is 2.32 bits per heavy atom. The fourth-order valence-electron chi connectivity index (χ4n) is 2.27. The highest BCUT2D eigenvalue weighted by Gasteiger charge is 2.15. The number of aryl methyl sites for hydroxylation is 1. The minimum Gasteiger partial charge on any atom is -0.438 e. The summed E-state index contributed by atoms with van der Waals surface area (Å²) in [6.07, 6.45) is 2.31. The molecule has 1 aromatic carbocycles. The molecule has 0 saturated carbocycles. The zero-order chi connectivity index (χ0) is 13.2. The lowest BCUT2D eigenvalue weighted by atomic mass is 10.0. The Hall–Kier alpha value is -2.14. The number of nitrogens with one attached hydrogen (secondary N) is 2. The van der Waals surface area contributed by atoms with E-state index in [2.05, 4.69) is 21.7 Å². The van der Waals surface area contributed by atoms with E-state index in [1.165, 1.54) is 17.5 Å². The summed E-state index contributed by atoms with van der Waals surface area (Å²) in [4.78, 5) is 15.9. The second-order valence-corrected chi connectivity index (χ2v) is 4.63. The third-order valence-corrected chi connectivity index (χ3v) is 3.30. The second-order valence-electron chi connectivity index (χ2n) is 4.63. The summed E-state index contributed by atoms with van der Waals surface area (Å²) >= 11 is 0. The maximum Gasteiger partial charge on any atom is 0.293 e. The number of nitrogens with zero attached hydrogens (tertiary/aromatic N) is 1. The number of hydrogen-bond acceptors (Lipinski definition) is 4. The molecule has 0 unspecified atom stereocenters. The van der Waals surface area contributed by atoms with E-state index in [1.54, 1.807) is 6.92 Å². The van der Waals surface area contributed by atoms with Gasteiger partial charge in [-0.2, -0.15) is 0 Å². The third-order valence-electron chi connectivity index (χ3n) is 3.30. The highest BCUT2D eigenvalue weighted by Crippen LogP contribution is 2.19. The topological polar surface area (TPSA) is 67.2 Å². The van der Waals surface area contributed by atoms with Crippen LogP contribution in [-0.2, 0) is 13.0 Å². The predicted octanol–water partition coefficient (Wildman–Crippen LogP) is 1.88. The molecule has 2 N–H and O–H groups in total. The van der Waals surface area contributed by atoms with Crippen molar-refractivity contribution in [1.29, 1.82) is 0 Å². The Morgan fingerprint density at radius 1 is 1.42 bits per heavy atom. The lowest BCUT2D eigenvalue weighted by Crippen LogP contribution is -2.23. The van der Waals surface area contributed by atoms with Crippen molar-refractivity contribution in [2.45, 2.75) is 19.9 Å². The van der Waals surface area contributed by atoms with E-state index in [0.29, 0.717) is 5.69 Å². The minimum atomic E-state index is -0.265. The van der Waals surface area contributed by atoms with Crippen LogP contribution in [0.25, 0.3) is 0 Å². The number of benzene rings is 1. The van der Waals surface area contributed by atoms with Crippen molar-refractivity contribution < 1.29 is 9.21 Å². The molecule has 2 aromatic rings. The van der Waals surface area contributed by atoms with Crippen LogP contribution in [0.3, 0.4) is 0 Å². The maximum absolute atomic E-state index is 12.0. The summed E-state index contributed by atoms with van der Waals surface area (Å²) in [5.41, 5.74) is 3.95. The number of amides is 1. The van der Waals surface area contributed by atoms with Gasteiger partial charge in [0.05, 0.1) is 5.69 Å². The molecule has 0 saturated heterocycles. The van der Waals surface area contributed by atoms with Gasteiger partial charge < -0.3 is 15.1 Å². The number of carbonyl (C=O) groups excluding carboxylic acids is 1. The van der Waals surface area contributed by atoms with Gasteiger partial charge in [0.15, 0.2) is 6.39 Å². The van der Waals surface area contributed by atoms with Crippen LogP contribution in [0.4, 0.5) is 5.69 Å². The van der Waals surface area contributed by atoms with Gasteiger partial charge in [0.1, 0.15) is 0 Å². The molecule has 1 aliphatic heterocycles. The summed E-state index contributed by atoms with van der Waals surface area (Å²) in [7, 11) is 0. The number of carbonyl (C=O) groups is 1. The van der Waals surface area contributed by atoms with Gasteiger partial charge in [-0.3, -0.25) is 4.79 Å². The zero-order valence-electron chi connectivity index (χ0n) is 10.7. The van der Waals surface area contributed by atoms with Crippen molar-refractivity contribution >= 4 is 11.6 Å². The van der Waals surface area contributed by atoms with Crippen LogP contribution < -0.4 is 10.6 Å². The minimum absolute atomic E-state index is 0.260. The van der Waals surface area contributed by atoms with Crippen LogP contribution in [0, 0.1) is 6.92 Å². The van der Waals surface area contributed by atoms with Crippen molar-refractivity contribution in [2.24, 2.45) is 0 Å². The molecule has 0 radical (unpaired) electrons. The normalized spacial score (nSPS) is 13.9. The van der Waals surface area contributed by atoms with Gasteiger partial charge in [-0.15, -0.1) is 0 Å². The predicted molar refractivity (Wildman–Crippen MR) is 71.0 cm³/mol. The molecule has 1 amide bonds. The maximum atomic E-state index is 12.0. The number of oxazole rings is 1. The van der Waals surface area contributed by atoms with Crippen molar-refractivity contribution in [3.63, 3.8) is 0 Å². The van der Waals surface area contributed by atoms with Crippen molar-refractivity contribution in [3.8, 4) is 0 Å². The van der Waals surface area contributed by atoms with E-state index in [9.17, 15) is 4.79 Å². The monoisotopic (exact) mass is 257 g/mol. The van der Waals surface area contributed by atoms with Crippen LogP contribution in [-0.4, -0.2) is 17.4 Å². The first-order chi connectivity index (χ1) is 9.24. The zero-order valence-corrected chi connectivity index (χ0v) is 10.7. The van der Waals surface area contributed by atoms with E-state index in [-0.39, 0.29) is 11.7 Å². The lowest BCUT2D eigenvalue weighted by molar-refractivity contribution is 0.0996. The average Bonchev–Trinajstić information content (AvgIpc) is 2.85. The van der Waals surface area contributed by atoms with Gasteiger partial charge in [-0.1, -0.05) is 6.07 Å². The van der Waals surface area contributed by atoms with E-state index >= 15 is 0 Å². The number of fused-ring (bicyclic) bond motifs is 1. The van der Waals surface area contributed by atoms with Crippen LogP contribution in [0.5, 0.6) is 0 Å². The molecule has 0 bridgehead atoms. The molecule has 0 fully saturated rings. The van der Waals surface area contributed by atoms with Gasteiger partial charge in [0.25, 0.3) is 5.91 Å². The molecule has 1 aromatic heterocycles. The van der Waals surface area contributed by atoms with Crippen molar-refractivity contribution in [2.75, 3.05) is 11.9 Å². The van der Waals surface area contributed by atoms with Crippen LogP contribution in [0.15, 0.2) is 29.0 Å². The SMILES string of the molecule is Cc1ncoc1C(=O)Nc1ccc2c(c1)CNCC2. The fraction of sp³-hybridized carbons (Fsp3) is 0.286. The summed E-state index contributed by atoms with van der Waals surface area (Å²) in [5, 5.41) is 6.15. The largest absolute Gasteiger partial charge is 0.438 e. The van der Waals surface area contributed by atoms with Gasteiger partial charge in [0.2, 0.25) is 5.76 Å². The summed E-state index contributed by atoms with van der Waals surface area (Å²) < 4.78 is 5.08. The summed E-state index contributed by atoms with van der Waals surface area (Å²) in [6, 6.07) is 6.00. The Kier molecular flexibility index (Phi) is 3.05. The Balaban J connectivity index is 1.80. The van der Waals surface area contributed by atoms with Gasteiger partial charge in [-0.25, -0.2) is 4.98 Å². The van der Waals surface area contributed by atoms with Crippen LogP contribution in [0.1, 0.15) is 27.4 Å². The molecule has 0 spiro atoms. The number of aromatic nitrogens is 1. The van der Waals surface area contributed by atoms with Crippen LogP contribution in [0.2, 0.25) is 0 Å². The fourth-order valence-corrected chi connectivity index (χ4v) is 2.27. The number of hydrogen-bond donors (Lipinski definition) is 2. The third kappa shape index (κ3) is 2.37. The van der Waals surface area contributed by atoms with Gasteiger partial charge >= 0.3 is 0 Å². The standard InChI is InChI=1S/C14H15N3O2/c1-9-13(19-8-16-9)14(18)17-12-3-2-10-4-5-15-7-11(10)6-12/h2-3,6,8,15H,4-5,7H2,1H3,(H,17,18). The highest BCUT2D eigenvalue weighted by molar-refractivity contribution is 6.02. The first-order valence-electron chi connectivity index (χ1n) is 6.28. The molecule has 98 valence electrons. The Bertz CT molecular complexity index is 619. The molecule has 5 nitrogen and oxygen atoms in total. The molecule has 0 atom stereocenters. The highest BCUT2D eigenvalue weighted by atomic mass is 16.3. The Labute approximate surface area is 111 Å². The molecule has 5 heteroatoms. The lowest BCUT2D eigenvalue weighted by Gasteiger charge is -2.17. The first kappa shape index (κ1) is 11.9. The molecular weight excluding hydrogens is 242 g/mol. The molecule has 0 aliphatic carbocycles. The van der Waals surface area contributed by atoms with E-state index in [0.717, 1.165) is 25.2 Å². The summed E-state index contributed by atoms with van der Waals surface area (Å²) in [6.45, 7) is 3.60. The first-order valence-corrected chi connectivity index (χ1v) is 6.28. The van der Waals surface area contributed by atoms with Crippen molar-refractivity contribution in [1.82, 2.24) is 10.3 Å². The molecule has 3 rings (SSSR count). The van der Waals surface area contributed by atoms with Crippen LogP contribution >= 0.6 is 0 Å². The van der Waals surface area contributed by atoms with Gasteiger partial charge in [0, 0.05) is 12.2 Å². The van der Waals surface area contributed by atoms with E-state index < -0.39 is 0 Å².